The van der Waals surface area contributed by atoms with Crippen molar-refractivity contribution in [3.63, 3.8) is 0 Å². The van der Waals surface area contributed by atoms with Crippen LogP contribution in [0, 0.1) is 0 Å². The van der Waals surface area contributed by atoms with Crippen molar-refractivity contribution in [2.45, 2.75) is 12.8 Å². The molecule has 14 heavy (non-hydrogen) atoms. The van der Waals surface area contributed by atoms with Crippen LogP contribution < -0.4 is 10.6 Å². The molecular formula is C9H9N3O2. The third-order valence-corrected chi connectivity index (χ3v) is 2.20. The number of nitrogens with zero attached hydrogens (tertiary/aromatic N) is 2. The van der Waals surface area contributed by atoms with Crippen LogP contribution in [0.2, 0.25) is 0 Å². The Kier molecular flexibility index (Phi) is 1.92. The van der Waals surface area contributed by atoms with Crippen molar-refractivity contribution in [2.24, 2.45) is 5.73 Å². The Morgan fingerprint density at radius 3 is 3.00 bits per heavy atom. The molecule has 0 fully saturated rings. The second-order valence-corrected chi connectivity index (χ2v) is 3.07. The number of nitrogens with two attached hydrogens (primary N) is 1. The van der Waals surface area contributed by atoms with Crippen LogP contribution in [0.4, 0.5) is 10.5 Å². The Bertz CT molecular complexity index is 403. The van der Waals surface area contributed by atoms with Crippen molar-refractivity contribution >= 4 is 17.6 Å². The molecule has 3 amide bonds. The lowest BCUT2D eigenvalue weighted by atomic mass is 10.0. The predicted molar refractivity (Wildman–Crippen MR) is 49.6 cm³/mol. The molecule has 0 saturated heterocycles. The number of hydrogen-bond donors (Lipinski definition) is 1. The van der Waals surface area contributed by atoms with Crippen LogP contribution in [-0.4, -0.2) is 16.9 Å². The van der Waals surface area contributed by atoms with Gasteiger partial charge in [0.25, 0.3) is 0 Å². The lowest BCUT2D eigenvalue weighted by Gasteiger charge is -2.25. The molecule has 1 aliphatic heterocycles. The summed E-state index contributed by atoms with van der Waals surface area (Å²) in [5.74, 6) is -0.254. The van der Waals surface area contributed by atoms with Gasteiger partial charge in [0.2, 0.25) is 5.91 Å². The second-order valence-electron chi connectivity index (χ2n) is 3.07. The number of carbonyl (C=O) groups excluding carboxylic acids is 2. The van der Waals surface area contributed by atoms with E-state index in [1.165, 1.54) is 6.20 Å². The summed E-state index contributed by atoms with van der Waals surface area (Å²) >= 11 is 0. The van der Waals surface area contributed by atoms with E-state index in [9.17, 15) is 9.59 Å². The van der Waals surface area contributed by atoms with E-state index in [2.05, 4.69) is 4.98 Å². The summed E-state index contributed by atoms with van der Waals surface area (Å²) in [6.45, 7) is 0. The van der Waals surface area contributed by atoms with Crippen molar-refractivity contribution in [3.05, 3.63) is 24.0 Å². The van der Waals surface area contributed by atoms with Crippen molar-refractivity contribution in [2.75, 3.05) is 4.90 Å². The number of hydrogen-bond acceptors (Lipinski definition) is 3. The van der Waals surface area contributed by atoms with Crippen molar-refractivity contribution in [1.29, 1.82) is 0 Å². The number of fused-ring (bicyclic) bond motifs is 1. The molecule has 5 heteroatoms. The smallest absolute Gasteiger partial charge is 0.326 e. The number of anilines is 1. The van der Waals surface area contributed by atoms with E-state index < -0.39 is 6.03 Å². The molecule has 2 heterocycles. The van der Waals surface area contributed by atoms with E-state index >= 15 is 0 Å². The van der Waals surface area contributed by atoms with E-state index in [0.717, 1.165) is 10.5 Å². The van der Waals surface area contributed by atoms with Gasteiger partial charge in [-0.05, 0) is 18.1 Å². The molecule has 1 aromatic heterocycles. The molecular weight excluding hydrogens is 182 g/mol. The minimum absolute atomic E-state index is 0.254. The fraction of sp³-hybridized carbons (Fsp3) is 0.222. The maximum atomic E-state index is 11.4. The number of primary amides is 1. The average Bonchev–Trinajstić information content (AvgIpc) is 2.17. The van der Waals surface area contributed by atoms with Gasteiger partial charge in [0.15, 0.2) is 0 Å². The van der Waals surface area contributed by atoms with Crippen LogP contribution in [0.15, 0.2) is 18.5 Å². The fourth-order valence-corrected chi connectivity index (χ4v) is 1.56. The van der Waals surface area contributed by atoms with Gasteiger partial charge in [0, 0.05) is 18.8 Å². The zero-order chi connectivity index (χ0) is 10.1. The molecule has 2 rings (SSSR count). The van der Waals surface area contributed by atoms with Gasteiger partial charge in [-0.2, -0.15) is 0 Å². The number of urea groups is 1. The first-order valence-electron chi connectivity index (χ1n) is 4.25. The summed E-state index contributed by atoms with van der Waals surface area (Å²) in [7, 11) is 0. The minimum Gasteiger partial charge on any atom is -0.351 e. The maximum absolute atomic E-state index is 11.4. The summed E-state index contributed by atoms with van der Waals surface area (Å²) in [5.41, 5.74) is 6.56. The van der Waals surface area contributed by atoms with Crippen LogP contribution in [-0.2, 0) is 11.2 Å². The number of imide groups is 1. The molecule has 0 atom stereocenters. The van der Waals surface area contributed by atoms with Crippen LogP contribution in [0.25, 0.3) is 0 Å². The maximum Gasteiger partial charge on any atom is 0.326 e. The zero-order valence-corrected chi connectivity index (χ0v) is 7.43. The number of amides is 3. The Balaban J connectivity index is 2.51. The van der Waals surface area contributed by atoms with E-state index in [0.29, 0.717) is 18.5 Å². The third kappa shape index (κ3) is 1.22. The highest BCUT2D eigenvalue weighted by atomic mass is 16.2. The lowest BCUT2D eigenvalue weighted by molar-refractivity contribution is -0.118. The number of pyridine rings is 1. The first-order chi connectivity index (χ1) is 6.70. The summed E-state index contributed by atoms with van der Waals surface area (Å²) in [6.07, 6.45) is 4.11. The Labute approximate surface area is 80.5 Å². The molecule has 1 aliphatic rings. The molecule has 0 radical (unpaired) electrons. The van der Waals surface area contributed by atoms with E-state index in [4.69, 9.17) is 5.73 Å². The molecule has 5 nitrogen and oxygen atoms in total. The summed E-state index contributed by atoms with van der Waals surface area (Å²) in [6, 6.07) is 0.888. The van der Waals surface area contributed by atoms with Gasteiger partial charge in [0.05, 0.1) is 5.69 Å². The summed E-state index contributed by atoms with van der Waals surface area (Å²) < 4.78 is 0. The van der Waals surface area contributed by atoms with Gasteiger partial charge in [0.1, 0.15) is 0 Å². The van der Waals surface area contributed by atoms with Gasteiger partial charge < -0.3 is 5.73 Å². The normalized spacial score (nSPS) is 15.1. The zero-order valence-electron chi connectivity index (χ0n) is 7.43. The first-order valence-corrected chi connectivity index (χ1v) is 4.25. The van der Waals surface area contributed by atoms with Gasteiger partial charge in [-0.1, -0.05) is 0 Å². The SMILES string of the molecule is NC(=O)N1C(=O)CCc2cnccc21. The molecule has 0 aromatic carbocycles. The summed E-state index contributed by atoms with van der Waals surface area (Å²) in [4.78, 5) is 27.4. The quantitative estimate of drug-likeness (QED) is 0.646. The molecule has 0 aliphatic carbocycles. The predicted octanol–water partition coefficient (Wildman–Crippen LogP) is 0.439. The van der Waals surface area contributed by atoms with Gasteiger partial charge in [-0.15, -0.1) is 0 Å². The monoisotopic (exact) mass is 191 g/mol. The van der Waals surface area contributed by atoms with Crippen LogP contribution >= 0.6 is 0 Å². The molecule has 0 saturated carbocycles. The van der Waals surface area contributed by atoms with Gasteiger partial charge in [-0.25, -0.2) is 9.69 Å². The third-order valence-electron chi connectivity index (χ3n) is 2.20. The lowest BCUT2D eigenvalue weighted by Crippen LogP contribution is -2.43. The Hall–Kier alpha value is -1.91. The highest BCUT2D eigenvalue weighted by molar-refractivity contribution is 6.15. The fourth-order valence-electron chi connectivity index (χ4n) is 1.56. The van der Waals surface area contributed by atoms with Crippen molar-refractivity contribution in [3.8, 4) is 0 Å². The van der Waals surface area contributed by atoms with Gasteiger partial charge >= 0.3 is 6.03 Å². The second kappa shape index (κ2) is 3.10. The average molecular weight is 191 g/mol. The van der Waals surface area contributed by atoms with Crippen LogP contribution in [0.1, 0.15) is 12.0 Å². The number of rotatable bonds is 0. The van der Waals surface area contributed by atoms with Crippen molar-refractivity contribution < 1.29 is 9.59 Å². The van der Waals surface area contributed by atoms with E-state index in [1.54, 1.807) is 12.3 Å². The van der Waals surface area contributed by atoms with Crippen LogP contribution in [0.3, 0.4) is 0 Å². The number of carbonyl (C=O) groups is 2. The number of aryl methyl sites for hydroxylation is 1. The molecule has 2 N–H and O–H groups in total. The highest BCUT2D eigenvalue weighted by Gasteiger charge is 2.27. The Morgan fingerprint density at radius 1 is 1.50 bits per heavy atom. The van der Waals surface area contributed by atoms with Crippen LogP contribution in [0.5, 0.6) is 0 Å². The highest BCUT2D eigenvalue weighted by Crippen LogP contribution is 2.26. The van der Waals surface area contributed by atoms with Crippen molar-refractivity contribution in [1.82, 2.24) is 4.98 Å². The topological polar surface area (TPSA) is 76.3 Å². The molecule has 0 bridgehead atoms. The largest absolute Gasteiger partial charge is 0.351 e. The first kappa shape index (κ1) is 8.68. The van der Waals surface area contributed by atoms with E-state index in [1.807, 2.05) is 0 Å². The molecule has 0 spiro atoms. The summed E-state index contributed by atoms with van der Waals surface area (Å²) in [5, 5.41) is 0. The molecule has 1 aromatic rings. The molecule has 0 unspecified atom stereocenters. The minimum atomic E-state index is -0.734. The molecule has 72 valence electrons. The van der Waals surface area contributed by atoms with E-state index in [-0.39, 0.29) is 5.91 Å². The standard InChI is InChI=1S/C9H9N3O2/c10-9(14)12-7-3-4-11-5-6(7)1-2-8(12)13/h3-5H,1-2H2,(H2,10,14). The Morgan fingerprint density at radius 2 is 2.29 bits per heavy atom. The van der Waals surface area contributed by atoms with Gasteiger partial charge in [-0.3, -0.25) is 9.78 Å². The number of aromatic nitrogens is 1.